The van der Waals surface area contributed by atoms with E-state index in [1.807, 2.05) is 19.1 Å². The van der Waals surface area contributed by atoms with Crippen LogP contribution in [-0.4, -0.2) is 10.1 Å². The van der Waals surface area contributed by atoms with Gasteiger partial charge in [0.2, 0.25) is 0 Å². The fraction of sp³-hybridized carbons (Fsp3) is 0.455. The number of aromatic nitrogens is 2. The van der Waals surface area contributed by atoms with Crippen LogP contribution in [0.15, 0.2) is 21.1 Å². The Kier molecular flexibility index (Phi) is 2.07. The van der Waals surface area contributed by atoms with E-state index in [0.717, 1.165) is 18.6 Å². The van der Waals surface area contributed by atoms with Crippen molar-refractivity contribution in [1.82, 2.24) is 10.1 Å². The largest absolute Gasteiger partial charge is 0.456 e. The van der Waals surface area contributed by atoms with Crippen molar-refractivity contribution in [2.75, 3.05) is 0 Å². The summed E-state index contributed by atoms with van der Waals surface area (Å²) in [4.78, 5) is 4.26. The van der Waals surface area contributed by atoms with E-state index in [-0.39, 0.29) is 6.04 Å². The van der Waals surface area contributed by atoms with Gasteiger partial charge in [-0.3, -0.25) is 0 Å². The van der Waals surface area contributed by atoms with Crippen LogP contribution in [0.2, 0.25) is 0 Å². The number of aryl methyl sites for hydroxylation is 1. The minimum absolute atomic E-state index is 0.103. The van der Waals surface area contributed by atoms with Crippen molar-refractivity contribution >= 4 is 0 Å². The lowest BCUT2D eigenvalue weighted by Gasteiger charge is -2.01. The molecule has 1 atom stereocenters. The monoisotopic (exact) mass is 219 g/mol. The number of rotatable bonds is 3. The second-order valence-electron chi connectivity index (χ2n) is 4.23. The maximum absolute atomic E-state index is 5.98. The van der Waals surface area contributed by atoms with Crippen molar-refractivity contribution in [3.8, 4) is 11.7 Å². The molecule has 0 saturated heterocycles. The van der Waals surface area contributed by atoms with Crippen LogP contribution < -0.4 is 5.73 Å². The summed E-state index contributed by atoms with van der Waals surface area (Å²) in [5.74, 6) is 2.91. The summed E-state index contributed by atoms with van der Waals surface area (Å²) in [6, 6.07) is 3.57. The van der Waals surface area contributed by atoms with E-state index < -0.39 is 0 Å². The molecule has 1 aliphatic rings. The van der Waals surface area contributed by atoms with Crippen molar-refractivity contribution in [1.29, 1.82) is 0 Å². The number of nitrogens with zero attached hydrogens (tertiary/aromatic N) is 2. The molecule has 1 unspecified atom stereocenters. The first kappa shape index (κ1) is 9.59. The van der Waals surface area contributed by atoms with Crippen LogP contribution in [0.3, 0.4) is 0 Å². The zero-order chi connectivity index (χ0) is 11.1. The van der Waals surface area contributed by atoms with E-state index in [2.05, 4.69) is 10.1 Å². The predicted molar refractivity (Wildman–Crippen MR) is 56.4 cm³/mol. The summed E-state index contributed by atoms with van der Waals surface area (Å²) in [5, 5.41) is 3.89. The van der Waals surface area contributed by atoms with Crippen LogP contribution in [0.1, 0.15) is 30.5 Å². The average Bonchev–Trinajstić information content (AvgIpc) is 2.84. The molecule has 1 aliphatic carbocycles. The Morgan fingerprint density at radius 2 is 2.25 bits per heavy atom. The molecule has 3 rings (SSSR count). The van der Waals surface area contributed by atoms with Gasteiger partial charge < -0.3 is 14.7 Å². The Balaban J connectivity index is 1.86. The van der Waals surface area contributed by atoms with E-state index in [4.69, 9.17) is 14.7 Å². The fourth-order valence-electron chi connectivity index (χ4n) is 1.69. The van der Waals surface area contributed by atoms with Crippen LogP contribution in [0.4, 0.5) is 0 Å². The topological polar surface area (TPSA) is 78.1 Å². The summed E-state index contributed by atoms with van der Waals surface area (Å²) in [5.41, 5.74) is 5.98. The highest BCUT2D eigenvalue weighted by Gasteiger charge is 2.32. The molecule has 1 saturated carbocycles. The first-order valence-corrected chi connectivity index (χ1v) is 5.40. The Morgan fingerprint density at radius 3 is 2.88 bits per heavy atom. The quantitative estimate of drug-likeness (QED) is 0.854. The minimum Gasteiger partial charge on any atom is -0.456 e. The molecule has 2 aromatic rings. The Bertz CT molecular complexity index is 499. The van der Waals surface area contributed by atoms with Gasteiger partial charge in [-0.05, 0) is 37.8 Å². The lowest BCUT2D eigenvalue weighted by atomic mass is 10.2. The van der Waals surface area contributed by atoms with Crippen molar-refractivity contribution < 1.29 is 8.94 Å². The summed E-state index contributed by atoms with van der Waals surface area (Å²) in [6.07, 6.45) is 2.32. The number of hydrogen-bond donors (Lipinski definition) is 1. The maximum atomic E-state index is 5.98. The van der Waals surface area contributed by atoms with Gasteiger partial charge >= 0.3 is 0 Å². The first-order valence-electron chi connectivity index (χ1n) is 5.40. The highest BCUT2D eigenvalue weighted by atomic mass is 16.5. The van der Waals surface area contributed by atoms with E-state index in [0.29, 0.717) is 23.4 Å². The van der Waals surface area contributed by atoms with Crippen molar-refractivity contribution in [2.45, 2.75) is 25.8 Å². The molecule has 2 heterocycles. The van der Waals surface area contributed by atoms with Crippen molar-refractivity contribution in [3.05, 3.63) is 23.7 Å². The Morgan fingerprint density at radius 1 is 1.44 bits per heavy atom. The highest BCUT2D eigenvalue weighted by molar-refractivity contribution is 5.44. The van der Waals surface area contributed by atoms with Crippen LogP contribution in [-0.2, 0) is 0 Å². The van der Waals surface area contributed by atoms with Crippen molar-refractivity contribution in [3.63, 3.8) is 0 Å². The van der Waals surface area contributed by atoms with Crippen LogP contribution in [0.5, 0.6) is 0 Å². The fourth-order valence-corrected chi connectivity index (χ4v) is 1.69. The zero-order valence-electron chi connectivity index (χ0n) is 9.01. The molecule has 5 nitrogen and oxygen atoms in total. The SMILES string of the molecule is Cc1ccc(-c2nc(C(N)C3CC3)no2)o1. The number of nitrogens with two attached hydrogens (primary N) is 1. The van der Waals surface area contributed by atoms with E-state index in [1.165, 1.54) is 0 Å². The van der Waals surface area contributed by atoms with E-state index in [1.54, 1.807) is 0 Å². The normalized spacial score (nSPS) is 17.6. The molecule has 0 aliphatic heterocycles. The van der Waals surface area contributed by atoms with Gasteiger partial charge in [-0.25, -0.2) is 0 Å². The molecule has 0 amide bonds. The van der Waals surface area contributed by atoms with E-state index >= 15 is 0 Å². The highest BCUT2D eigenvalue weighted by Crippen LogP contribution is 2.38. The molecule has 84 valence electrons. The molecule has 2 aromatic heterocycles. The molecule has 0 bridgehead atoms. The molecule has 0 radical (unpaired) electrons. The molecule has 5 heteroatoms. The lowest BCUT2D eigenvalue weighted by molar-refractivity contribution is 0.398. The summed E-state index contributed by atoms with van der Waals surface area (Å²) >= 11 is 0. The molecule has 16 heavy (non-hydrogen) atoms. The predicted octanol–water partition coefficient (Wildman–Crippen LogP) is 2.05. The third-order valence-electron chi connectivity index (χ3n) is 2.82. The van der Waals surface area contributed by atoms with Crippen molar-refractivity contribution in [2.24, 2.45) is 11.7 Å². The minimum atomic E-state index is -0.103. The molecule has 2 N–H and O–H groups in total. The Labute approximate surface area is 92.6 Å². The Hall–Kier alpha value is -1.62. The average molecular weight is 219 g/mol. The third-order valence-corrected chi connectivity index (χ3v) is 2.82. The van der Waals surface area contributed by atoms with Crippen LogP contribution in [0.25, 0.3) is 11.7 Å². The number of hydrogen-bond acceptors (Lipinski definition) is 5. The van der Waals surface area contributed by atoms with Gasteiger partial charge in [0.25, 0.3) is 5.89 Å². The molecule has 0 aromatic carbocycles. The van der Waals surface area contributed by atoms with Gasteiger partial charge in [0.1, 0.15) is 5.76 Å². The summed E-state index contributed by atoms with van der Waals surface area (Å²) in [6.45, 7) is 1.87. The van der Waals surface area contributed by atoms with Gasteiger partial charge in [-0.2, -0.15) is 4.98 Å². The van der Waals surface area contributed by atoms with Crippen LogP contribution in [0, 0.1) is 12.8 Å². The smallest absolute Gasteiger partial charge is 0.293 e. The summed E-state index contributed by atoms with van der Waals surface area (Å²) in [7, 11) is 0. The second kappa shape index (κ2) is 3.45. The first-order chi connectivity index (χ1) is 7.74. The second-order valence-corrected chi connectivity index (χ2v) is 4.23. The van der Waals surface area contributed by atoms with Gasteiger partial charge in [0.15, 0.2) is 11.6 Å². The van der Waals surface area contributed by atoms with E-state index in [9.17, 15) is 0 Å². The molecular weight excluding hydrogens is 206 g/mol. The molecular formula is C11H13N3O2. The lowest BCUT2D eigenvalue weighted by Crippen LogP contribution is -2.13. The number of furan rings is 1. The van der Waals surface area contributed by atoms with Gasteiger partial charge in [-0.15, -0.1) is 0 Å². The summed E-state index contributed by atoms with van der Waals surface area (Å²) < 4.78 is 10.5. The van der Waals surface area contributed by atoms with Gasteiger partial charge in [-0.1, -0.05) is 5.16 Å². The zero-order valence-corrected chi connectivity index (χ0v) is 9.01. The van der Waals surface area contributed by atoms with Gasteiger partial charge in [0, 0.05) is 0 Å². The van der Waals surface area contributed by atoms with Gasteiger partial charge in [0.05, 0.1) is 6.04 Å². The molecule has 0 spiro atoms. The van der Waals surface area contributed by atoms with Crippen LogP contribution >= 0.6 is 0 Å². The third kappa shape index (κ3) is 1.63. The maximum Gasteiger partial charge on any atom is 0.293 e. The molecule has 1 fully saturated rings. The standard InChI is InChI=1S/C11H13N3O2/c1-6-2-5-8(15-6)11-13-10(14-16-11)9(12)7-3-4-7/h2,5,7,9H,3-4,12H2,1H3.